The van der Waals surface area contributed by atoms with Crippen LogP contribution in [0.3, 0.4) is 0 Å². The second-order valence-corrected chi connectivity index (χ2v) is 6.33. The molecule has 2 N–H and O–H groups in total. The van der Waals surface area contributed by atoms with Crippen molar-refractivity contribution in [3.8, 4) is 11.5 Å². The normalized spacial score (nSPS) is 12.3. The fourth-order valence-electron chi connectivity index (χ4n) is 2.22. The lowest BCUT2D eigenvalue weighted by Gasteiger charge is -2.18. The summed E-state index contributed by atoms with van der Waals surface area (Å²) in [5.74, 6) is 1.17. The molecule has 1 heterocycles. The fourth-order valence-corrected chi connectivity index (χ4v) is 2.97. The van der Waals surface area contributed by atoms with E-state index in [1.165, 1.54) is 11.8 Å². The Kier molecular flexibility index (Phi) is 5.79. The number of amides is 2. The van der Waals surface area contributed by atoms with E-state index in [9.17, 15) is 9.59 Å². The van der Waals surface area contributed by atoms with E-state index in [2.05, 4.69) is 10.6 Å². The van der Waals surface area contributed by atoms with Gasteiger partial charge >= 0.3 is 0 Å². The van der Waals surface area contributed by atoms with Crippen LogP contribution in [0.2, 0.25) is 0 Å². The highest BCUT2D eigenvalue weighted by atomic mass is 32.2. The number of fused-ring (bicyclic) bond motifs is 1. The lowest BCUT2D eigenvalue weighted by Crippen LogP contribution is -2.33. The van der Waals surface area contributed by atoms with Crippen LogP contribution in [-0.4, -0.2) is 37.3 Å². The van der Waals surface area contributed by atoms with Crippen LogP contribution in [-0.2, 0) is 9.59 Å². The number of ether oxygens (including phenoxy) is 2. The Balaban J connectivity index is 1.41. The molecule has 2 aromatic rings. The Morgan fingerprint density at radius 3 is 2.52 bits per heavy atom. The number of anilines is 1. The zero-order valence-corrected chi connectivity index (χ0v) is 14.3. The van der Waals surface area contributed by atoms with Crippen LogP contribution in [0.4, 0.5) is 5.69 Å². The third kappa shape index (κ3) is 5.15. The minimum absolute atomic E-state index is 0.0601. The van der Waals surface area contributed by atoms with Gasteiger partial charge in [0.2, 0.25) is 11.8 Å². The van der Waals surface area contributed by atoms with Crippen molar-refractivity contribution in [1.82, 2.24) is 5.32 Å². The molecule has 0 atom stereocenters. The highest BCUT2D eigenvalue weighted by Crippen LogP contribution is 2.34. The molecule has 0 bridgehead atoms. The van der Waals surface area contributed by atoms with E-state index in [0.717, 1.165) is 10.6 Å². The number of carbonyl (C=O) groups excluding carboxylic acids is 2. The molecule has 6 nitrogen and oxygen atoms in total. The summed E-state index contributed by atoms with van der Waals surface area (Å²) in [7, 11) is 0. The molecule has 3 rings (SSSR count). The second kappa shape index (κ2) is 8.43. The summed E-state index contributed by atoms with van der Waals surface area (Å²) in [5, 5.41) is 5.32. The van der Waals surface area contributed by atoms with Gasteiger partial charge in [0, 0.05) is 10.6 Å². The predicted molar refractivity (Wildman–Crippen MR) is 96.2 cm³/mol. The Labute approximate surface area is 149 Å². The van der Waals surface area contributed by atoms with Gasteiger partial charge in [0.25, 0.3) is 0 Å². The van der Waals surface area contributed by atoms with Crippen molar-refractivity contribution in [2.45, 2.75) is 4.90 Å². The van der Waals surface area contributed by atoms with Crippen molar-refractivity contribution < 1.29 is 19.1 Å². The van der Waals surface area contributed by atoms with Gasteiger partial charge in [-0.2, -0.15) is 0 Å². The van der Waals surface area contributed by atoms with Gasteiger partial charge in [-0.15, -0.1) is 11.8 Å². The first kappa shape index (κ1) is 17.2. The van der Waals surface area contributed by atoms with Crippen LogP contribution >= 0.6 is 11.8 Å². The number of hydrogen-bond acceptors (Lipinski definition) is 5. The number of para-hydroxylation sites is 1. The molecule has 0 spiro atoms. The molecule has 1 aliphatic rings. The van der Waals surface area contributed by atoms with E-state index in [-0.39, 0.29) is 24.1 Å². The van der Waals surface area contributed by atoms with E-state index in [0.29, 0.717) is 24.7 Å². The molecule has 0 radical (unpaired) electrons. The maximum Gasteiger partial charge on any atom is 0.243 e. The third-order valence-electron chi connectivity index (χ3n) is 3.39. The van der Waals surface area contributed by atoms with Gasteiger partial charge in [-0.05, 0) is 30.3 Å². The monoisotopic (exact) mass is 358 g/mol. The summed E-state index contributed by atoms with van der Waals surface area (Å²) in [6.07, 6.45) is 0. The molecular formula is C18H18N2O4S. The first-order valence-corrected chi connectivity index (χ1v) is 8.83. The van der Waals surface area contributed by atoms with Gasteiger partial charge in [-0.25, -0.2) is 0 Å². The van der Waals surface area contributed by atoms with Crippen LogP contribution in [0, 0.1) is 0 Å². The first-order valence-electron chi connectivity index (χ1n) is 7.85. The maximum absolute atomic E-state index is 11.9. The summed E-state index contributed by atoms with van der Waals surface area (Å²) >= 11 is 1.38. The first-order chi connectivity index (χ1) is 12.2. The van der Waals surface area contributed by atoms with Crippen LogP contribution in [0.1, 0.15) is 0 Å². The van der Waals surface area contributed by atoms with E-state index in [1.54, 1.807) is 12.1 Å². The molecular weight excluding hydrogens is 340 g/mol. The van der Waals surface area contributed by atoms with Crippen molar-refractivity contribution in [2.24, 2.45) is 0 Å². The Morgan fingerprint density at radius 1 is 0.960 bits per heavy atom. The molecule has 25 heavy (non-hydrogen) atoms. The topological polar surface area (TPSA) is 76.7 Å². The van der Waals surface area contributed by atoms with Gasteiger partial charge in [-0.1, -0.05) is 18.2 Å². The fraction of sp³-hybridized carbons (Fsp3) is 0.222. The molecule has 0 saturated carbocycles. The van der Waals surface area contributed by atoms with Gasteiger partial charge in [0.15, 0.2) is 11.5 Å². The predicted octanol–water partition coefficient (Wildman–Crippen LogP) is 2.30. The average molecular weight is 358 g/mol. The Hall–Kier alpha value is -2.67. The van der Waals surface area contributed by atoms with Gasteiger partial charge in [0.1, 0.15) is 13.2 Å². The summed E-state index contributed by atoms with van der Waals surface area (Å²) < 4.78 is 11.0. The molecule has 0 unspecified atom stereocenters. The highest BCUT2D eigenvalue weighted by molar-refractivity contribution is 8.00. The largest absolute Gasteiger partial charge is 0.486 e. The van der Waals surface area contributed by atoms with Gasteiger partial charge in [-0.3, -0.25) is 9.59 Å². The van der Waals surface area contributed by atoms with Crippen molar-refractivity contribution in [1.29, 1.82) is 0 Å². The minimum atomic E-state index is -0.260. The summed E-state index contributed by atoms with van der Waals surface area (Å²) in [6.45, 7) is 1.01. The Morgan fingerprint density at radius 2 is 1.72 bits per heavy atom. The molecule has 0 aliphatic carbocycles. The number of hydrogen-bond donors (Lipinski definition) is 2. The van der Waals surface area contributed by atoms with Crippen LogP contribution in [0.15, 0.2) is 53.4 Å². The smallest absolute Gasteiger partial charge is 0.243 e. The van der Waals surface area contributed by atoms with E-state index >= 15 is 0 Å². The molecule has 130 valence electrons. The lowest BCUT2D eigenvalue weighted by molar-refractivity contribution is -0.122. The highest BCUT2D eigenvalue weighted by Gasteiger charge is 2.13. The number of nitrogens with one attached hydrogen (secondary N) is 2. The van der Waals surface area contributed by atoms with Crippen LogP contribution in [0.25, 0.3) is 0 Å². The zero-order chi connectivity index (χ0) is 17.5. The molecule has 2 aromatic carbocycles. The summed E-state index contributed by atoms with van der Waals surface area (Å²) in [6, 6.07) is 14.7. The quantitative estimate of drug-likeness (QED) is 0.775. The molecule has 1 aliphatic heterocycles. The number of thioether (sulfide) groups is 1. The number of carbonyl (C=O) groups is 2. The molecule has 2 amide bonds. The van der Waals surface area contributed by atoms with Crippen LogP contribution in [0.5, 0.6) is 11.5 Å². The zero-order valence-electron chi connectivity index (χ0n) is 13.5. The van der Waals surface area contributed by atoms with Crippen molar-refractivity contribution in [2.75, 3.05) is 30.8 Å². The third-order valence-corrected chi connectivity index (χ3v) is 4.38. The molecule has 0 saturated heterocycles. The summed E-state index contributed by atoms with van der Waals surface area (Å²) in [5.41, 5.74) is 0.701. The van der Waals surface area contributed by atoms with Crippen LogP contribution < -0.4 is 20.1 Å². The van der Waals surface area contributed by atoms with Crippen molar-refractivity contribution >= 4 is 29.3 Å². The SMILES string of the molecule is O=C(CSc1ccc2c(c1)OCCO2)NCC(=O)Nc1ccccc1. The van der Waals surface area contributed by atoms with Gasteiger partial charge < -0.3 is 20.1 Å². The Bertz CT molecular complexity index is 752. The van der Waals surface area contributed by atoms with E-state index in [4.69, 9.17) is 9.47 Å². The molecule has 0 fully saturated rings. The number of rotatable bonds is 6. The lowest BCUT2D eigenvalue weighted by atomic mass is 10.3. The molecule has 0 aromatic heterocycles. The second-order valence-electron chi connectivity index (χ2n) is 5.29. The van der Waals surface area contributed by atoms with Gasteiger partial charge in [0.05, 0.1) is 12.3 Å². The van der Waals surface area contributed by atoms with E-state index < -0.39 is 0 Å². The average Bonchev–Trinajstić information content (AvgIpc) is 2.65. The minimum Gasteiger partial charge on any atom is -0.486 e. The van der Waals surface area contributed by atoms with Crippen molar-refractivity contribution in [3.05, 3.63) is 48.5 Å². The van der Waals surface area contributed by atoms with Crippen molar-refractivity contribution in [3.63, 3.8) is 0 Å². The van der Waals surface area contributed by atoms with E-state index in [1.807, 2.05) is 36.4 Å². The maximum atomic E-state index is 11.9. The standard InChI is InChI=1S/C18H18N2O4S/c21-17(20-13-4-2-1-3-5-13)11-19-18(22)12-25-14-6-7-15-16(10-14)24-9-8-23-15/h1-7,10H,8-9,11-12H2,(H,19,22)(H,20,21). The molecule has 7 heteroatoms. The number of benzene rings is 2. The summed E-state index contributed by atoms with van der Waals surface area (Å²) in [4.78, 5) is 24.6.